The first-order valence-corrected chi connectivity index (χ1v) is 6.97. The van der Waals surface area contributed by atoms with Crippen molar-refractivity contribution < 1.29 is 9.66 Å². The molecule has 0 aliphatic rings. The molecular weight excluding hydrogens is 296 g/mol. The largest absolute Gasteiger partial charge is 0.490 e. The van der Waals surface area contributed by atoms with Gasteiger partial charge < -0.3 is 9.30 Å². The highest BCUT2D eigenvalue weighted by atomic mass is 35.5. The molecule has 2 aromatic rings. The molecule has 1 aromatic heterocycles. The summed E-state index contributed by atoms with van der Waals surface area (Å²) in [5.41, 5.74) is 0.428. The van der Waals surface area contributed by atoms with Crippen molar-refractivity contribution in [2.75, 3.05) is 7.11 Å². The van der Waals surface area contributed by atoms with E-state index in [2.05, 4.69) is 10.2 Å². The van der Waals surface area contributed by atoms with E-state index in [1.54, 1.807) is 12.1 Å². The van der Waals surface area contributed by atoms with Crippen molar-refractivity contribution in [3.05, 3.63) is 34.1 Å². The summed E-state index contributed by atoms with van der Waals surface area (Å²) in [6.07, 6.45) is 0.867. The average Bonchev–Trinajstić information content (AvgIpc) is 2.89. The fourth-order valence-electron chi connectivity index (χ4n) is 2.15. The molecule has 0 amide bonds. The fraction of sp³-hybridized carbons (Fsp3) is 0.385. The maximum Gasteiger partial charge on any atom is 0.311 e. The number of nitro benzene ring substituents is 1. The zero-order chi connectivity index (χ0) is 15.4. The van der Waals surface area contributed by atoms with Crippen LogP contribution in [0.2, 0.25) is 0 Å². The molecule has 0 radical (unpaired) electrons. The molecule has 0 fully saturated rings. The van der Waals surface area contributed by atoms with E-state index in [9.17, 15) is 10.1 Å². The van der Waals surface area contributed by atoms with Gasteiger partial charge in [0.15, 0.2) is 5.82 Å². The van der Waals surface area contributed by atoms with Crippen molar-refractivity contribution in [1.29, 1.82) is 0 Å². The van der Waals surface area contributed by atoms with Crippen LogP contribution >= 0.6 is 11.6 Å². The number of methoxy groups -OCH3 is 1. The number of nitrogens with zero attached hydrogens (tertiary/aromatic N) is 4. The Morgan fingerprint density at radius 2 is 2.19 bits per heavy atom. The Hall–Kier alpha value is -2.15. The van der Waals surface area contributed by atoms with E-state index < -0.39 is 4.92 Å². The number of rotatable bonds is 6. The minimum Gasteiger partial charge on any atom is -0.490 e. The van der Waals surface area contributed by atoms with Gasteiger partial charge in [-0.2, -0.15) is 0 Å². The summed E-state index contributed by atoms with van der Waals surface area (Å²) in [7, 11) is 1.40. The van der Waals surface area contributed by atoms with Crippen LogP contribution in [0, 0.1) is 10.1 Å². The molecule has 0 saturated carbocycles. The standard InChI is InChI=1S/C13H15ClN4O3/c1-3-7-17-11(8-14)15-16-13(17)9-5-4-6-10(18(19)20)12(9)21-2/h4-6H,3,7-8H2,1-2H3. The molecule has 1 heterocycles. The smallest absolute Gasteiger partial charge is 0.311 e. The number of aromatic nitrogens is 3. The second kappa shape index (κ2) is 6.53. The van der Waals surface area contributed by atoms with Crippen LogP contribution < -0.4 is 4.74 Å². The second-order valence-corrected chi connectivity index (χ2v) is 4.61. The highest BCUT2D eigenvalue weighted by molar-refractivity contribution is 6.16. The summed E-state index contributed by atoms with van der Waals surface area (Å²) in [6, 6.07) is 4.71. The van der Waals surface area contributed by atoms with Crippen LogP contribution in [0.4, 0.5) is 5.69 Å². The summed E-state index contributed by atoms with van der Waals surface area (Å²) in [6.45, 7) is 2.70. The first-order chi connectivity index (χ1) is 10.1. The maximum atomic E-state index is 11.1. The van der Waals surface area contributed by atoms with Gasteiger partial charge in [0.05, 0.1) is 23.5 Å². The van der Waals surface area contributed by atoms with E-state index in [0.29, 0.717) is 23.8 Å². The number of alkyl halides is 1. The molecule has 0 atom stereocenters. The van der Waals surface area contributed by atoms with E-state index in [4.69, 9.17) is 16.3 Å². The molecule has 7 nitrogen and oxygen atoms in total. The lowest BCUT2D eigenvalue weighted by Gasteiger charge is -2.11. The Kier molecular flexibility index (Phi) is 4.74. The molecule has 0 aliphatic carbocycles. The lowest BCUT2D eigenvalue weighted by atomic mass is 10.1. The van der Waals surface area contributed by atoms with Crippen molar-refractivity contribution in [3.63, 3.8) is 0 Å². The Morgan fingerprint density at radius 3 is 2.76 bits per heavy atom. The van der Waals surface area contributed by atoms with Crippen LogP contribution in [-0.2, 0) is 12.4 Å². The third kappa shape index (κ3) is 2.82. The predicted octanol–water partition coefficient (Wildman–Crippen LogP) is 3.01. The van der Waals surface area contributed by atoms with E-state index in [1.807, 2.05) is 11.5 Å². The van der Waals surface area contributed by atoms with Crippen molar-refractivity contribution in [3.8, 4) is 17.1 Å². The summed E-state index contributed by atoms with van der Waals surface area (Å²) >= 11 is 5.86. The van der Waals surface area contributed by atoms with Gasteiger partial charge in [0.1, 0.15) is 5.82 Å². The van der Waals surface area contributed by atoms with Crippen molar-refractivity contribution in [2.45, 2.75) is 25.8 Å². The Morgan fingerprint density at radius 1 is 1.43 bits per heavy atom. The molecule has 1 aromatic carbocycles. The van der Waals surface area contributed by atoms with Gasteiger partial charge in [-0.05, 0) is 12.5 Å². The lowest BCUT2D eigenvalue weighted by Crippen LogP contribution is -2.05. The van der Waals surface area contributed by atoms with Crippen molar-refractivity contribution >= 4 is 17.3 Å². The van der Waals surface area contributed by atoms with Crippen LogP contribution in [0.25, 0.3) is 11.4 Å². The first kappa shape index (κ1) is 15.2. The normalized spacial score (nSPS) is 10.6. The SMILES string of the molecule is CCCn1c(CCl)nnc1-c1cccc([N+](=O)[O-])c1OC. The molecule has 0 saturated heterocycles. The van der Waals surface area contributed by atoms with Gasteiger partial charge in [-0.15, -0.1) is 21.8 Å². The molecule has 21 heavy (non-hydrogen) atoms. The Bertz CT molecular complexity index is 657. The predicted molar refractivity (Wildman–Crippen MR) is 78.5 cm³/mol. The lowest BCUT2D eigenvalue weighted by molar-refractivity contribution is -0.385. The minimum atomic E-state index is -0.481. The van der Waals surface area contributed by atoms with Gasteiger partial charge in [-0.25, -0.2) is 0 Å². The molecule has 112 valence electrons. The minimum absolute atomic E-state index is 0.103. The van der Waals surface area contributed by atoms with Gasteiger partial charge in [-0.3, -0.25) is 10.1 Å². The number of nitro groups is 1. The molecule has 2 rings (SSSR count). The molecule has 0 unspecified atom stereocenters. The highest BCUT2D eigenvalue weighted by Gasteiger charge is 2.23. The number of halogens is 1. The van der Waals surface area contributed by atoms with E-state index in [1.165, 1.54) is 13.2 Å². The Labute approximate surface area is 126 Å². The molecule has 8 heteroatoms. The first-order valence-electron chi connectivity index (χ1n) is 6.43. The molecule has 0 bridgehead atoms. The highest BCUT2D eigenvalue weighted by Crippen LogP contribution is 2.37. The van der Waals surface area contributed by atoms with Crippen molar-refractivity contribution in [1.82, 2.24) is 14.8 Å². The summed E-state index contributed by atoms with van der Waals surface area (Å²) in [4.78, 5) is 10.6. The van der Waals surface area contributed by atoms with E-state index >= 15 is 0 Å². The summed E-state index contributed by atoms with van der Waals surface area (Å²) < 4.78 is 7.07. The summed E-state index contributed by atoms with van der Waals surface area (Å²) in [5, 5.41) is 19.2. The second-order valence-electron chi connectivity index (χ2n) is 4.34. The topological polar surface area (TPSA) is 83.1 Å². The van der Waals surface area contributed by atoms with Gasteiger partial charge in [-0.1, -0.05) is 13.0 Å². The van der Waals surface area contributed by atoms with Gasteiger partial charge in [0.25, 0.3) is 0 Å². The Balaban J connectivity index is 2.64. The number of hydrogen-bond donors (Lipinski definition) is 0. The third-order valence-electron chi connectivity index (χ3n) is 3.03. The van der Waals surface area contributed by atoms with Gasteiger partial charge >= 0.3 is 5.69 Å². The molecular formula is C13H15ClN4O3. The number of ether oxygens (including phenoxy) is 1. The van der Waals surface area contributed by atoms with Crippen molar-refractivity contribution in [2.24, 2.45) is 0 Å². The monoisotopic (exact) mass is 310 g/mol. The van der Waals surface area contributed by atoms with Crippen LogP contribution in [0.3, 0.4) is 0 Å². The number of para-hydroxylation sites is 1. The maximum absolute atomic E-state index is 11.1. The van der Waals surface area contributed by atoms with Crippen LogP contribution in [-0.4, -0.2) is 26.8 Å². The van der Waals surface area contributed by atoms with Crippen LogP contribution in [0.5, 0.6) is 5.75 Å². The number of hydrogen-bond acceptors (Lipinski definition) is 5. The average molecular weight is 311 g/mol. The summed E-state index contributed by atoms with van der Waals surface area (Å²) in [5.74, 6) is 1.55. The fourth-order valence-corrected chi connectivity index (χ4v) is 2.35. The van der Waals surface area contributed by atoms with Gasteiger partial charge in [0.2, 0.25) is 5.75 Å². The van der Waals surface area contributed by atoms with Crippen LogP contribution in [0.1, 0.15) is 19.2 Å². The molecule has 0 N–H and O–H groups in total. The molecule has 0 aliphatic heterocycles. The zero-order valence-corrected chi connectivity index (χ0v) is 12.5. The third-order valence-corrected chi connectivity index (χ3v) is 3.27. The van der Waals surface area contributed by atoms with Crippen LogP contribution in [0.15, 0.2) is 18.2 Å². The molecule has 0 spiro atoms. The van der Waals surface area contributed by atoms with E-state index in [-0.39, 0.29) is 17.3 Å². The van der Waals surface area contributed by atoms with E-state index in [0.717, 1.165) is 6.42 Å². The number of benzene rings is 1. The zero-order valence-electron chi connectivity index (χ0n) is 11.7. The quantitative estimate of drug-likeness (QED) is 0.465. The van der Waals surface area contributed by atoms with Gasteiger partial charge in [0, 0.05) is 12.6 Å².